The average molecular weight is 315 g/mol. The van der Waals surface area contributed by atoms with Crippen molar-refractivity contribution < 1.29 is 13.9 Å². The predicted octanol–water partition coefficient (Wildman–Crippen LogP) is 3.37. The van der Waals surface area contributed by atoms with Crippen molar-refractivity contribution in [3.05, 3.63) is 36.9 Å². The normalized spacial score (nSPS) is 17.2. The van der Waals surface area contributed by atoms with Gasteiger partial charge in [-0.25, -0.2) is 9.78 Å². The first kappa shape index (κ1) is 15.6. The van der Waals surface area contributed by atoms with Gasteiger partial charge in [0.05, 0.1) is 12.3 Å². The number of carbonyl (C=O) groups is 1. The molecule has 1 atom stereocenters. The SMILES string of the molecule is CCN(C[C@H]1CCCO1)C(=O)Nc1cccc(-c2cnco2)c1. The van der Waals surface area contributed by atoms with Crippen molar-refractivity contribution in [3.63, 3.8) is 0 Å². The summed E-state index contributed by atoms with van der Waals surface area (Å²) in [7, 11) is 0. The molecule has 1 aromatic heterocycles. The van der Waals surface area contributed by atoms with Gasteiger partial charge in [0.1, 0.15) is 0 Å². The van der Waals surface area contributed by atoms with Gasteiger partial charge in [-0.15, -0.1) is 0 Å². The molecule has 6 heteroatoms. The average Bonchev–Trinajstić information content (AvgIpc) is 3.26. The Morgan fingerprint density at radius 3 is 3.09 bits per heavy atom. The summed E-state index contributed by atoms with van der Waals surface area (Å²) in [4.78, 5) is 18.1. The van der Waals surface area contributed by atoms with Crippen LogP contribution in [0, 0.1) is 0 Å². The third kappa shape index (κ3) is 3.90. The van der Waals surface area contributed by atoms with Gasteiger partial charge < -0.3 is 19.4 Å². The van der Waals surface area contributed by atoms with E-state index < -0.39 is 0 Å². The van der Waals surface area contributed by atoms with Crippen molar-refractivity contribution in [2.24, 2.45) is 0 Å². The van der Waals surface area contributed by atoms with E-state index in [1.807, 2.05) is 31.2 Å². The number of rotatable bonds is 5. The fraction of sp³-hybridized carbons (Fsp3) is 0.412. The largest absolute Gasteiger partial charge is 0.444 e. The molecule has 0 unspecified atom stereocenters. The minimum Gasteiger partial charge on any atom is -0.444 e. The minimum atomic E-state index is -0.113. The summed E-state index contributed by atoms with van der Waals surface area (Å²) in [5.41, 5.74) is 1.61. The van der Waals surface area contributed by atoms with Crippen LogP contribution in [-0.2, 0) is 4.74 Å². The number of nitrogens with zero attached hydrogens (tertiary/aromatic N) is 2. The highest BCUT2D eigenvalue weighted by atomic mass is 16.5. The van der Waals surface area contributed by atoms with Gasteiger partial charge in [-0.3, -0.25) is 0 Å². The van der Waals surface area contributed by atoms with E-state index in [0.717, 1.165) is 30.7 Å². The molecule has 3 rings (SSSR count). The number of amides is 2. The summed E-state index contributed by atoms with van der Waals surface area (Å²) in [6, 6.07) is 7.41. The first-order chi connectivity index (χ1) is 11.3. The van der Waals surface area contributed by atoms with E-state index in [0.29, 0.717) is 18.8 Å². The number of likely N-dealkylation sites (N-methyl/N-ethyl adjacent to an activating group) is 1. The van der Waals surface area contributed by atoms with Crippen LogP contribution >= 0.6 is 0 Å². The summed E-state index contributed by atoms with van der Waals surface area (Å²) in [5.74, 6) is 0.674. The van der Waals surface area contributed by atoms with Crippen molar-refractivity contribution in [1.29, 1.82) is 0 Å². The van der Waals surface area contributed by atoms with Crippen LogP contribution in [0.3, 0.4) is 0 Å². The Balaban J connectivity index is 1.65. The summed E-state index contributed by atoms with van der Waals surface area (Å²) < 4.78 is 10.9. The van der Waals surface area contributed by atoms with Crippen LogP contribution in [-0.4, -0.2) is 41.7 Å². The van der Waals surface area contributed by atoms with E-state index in [1.165, 1.54) is 6.39 Å². The van der Waals surface area contributed by atoms with Crippen LogP contribution in [0.25, 0.3) is 11.3 Å². The summed E-state index contributed by atoms with van der Waals surface area (Å²) in [6.45, 7) is 4.04. The smallest absolute Gasteiger partial charge is 0.321 e. The maximum atomic E-state index is 12.5. The van der Waals surface area contributed by atoms with Crippen LogP contribution in [0.15, 0.2) is 41.3 Å². The molecule has 0 radical (unpaired) electrons. The Labute approximate surface area is 135 Å². The molecular formula is C17H21N3O3. The lowest BCUT2D eigenvalue weighted by molar-refractivity contribution is 0.0849. The molecule has 2 aromatic rings. The van der Waals surface area contributed by atoms with E-state index in [9.17, 15) is 4.79 Å². The summed E-state index contributed by atoms with van der Waals surface area (Å²) >= 11 is 0. The van der Waals surface area contributed by atoms with Crippen LogP contribution in [0.1, 0.15) is 19.8 Å². The van der Waals surface area contributed by atoms with Gasteiger partial charge in [-0.2, -0.15) is 0 Å². The molecule has 122 valence electrons. The Morgan fingerprint density at radius 1 is 1.48 bits per heavy atom. The molecule has 1 aliphatic heterocycles. The molecule has 0 saturated carbocycles. The lowest BCUT2D eigenvalue weighted by atomic mass is 10.1. The van der Waals surface area contributed by atoms with Crippen molar-refractivity contribution in [2.75, 3.05) is 25.0 Å². The quantitative estimate of drug-likeness (QED) is 0.918. The van der Waals surface area contributed by atoms with Crippen LogP contribution in [0.2, 0.25) is 0 Å². The predicted molar refractivity (Wildman–Crippen MR) is 87.2 cm³/mol. The fourth-order valence-corrected chi connectivity index (χ4v) is 2.70. The van der Waals surface area contributed by atoms with Crippen LogP contribution in [0.5, 0.6) is 0 Å². The number of nitrogens with one attached hydrogen (secondary N) is 1. The number of hydrogen-bond acceptors (Lipinski definition) is 4. The molecule has 23 heavy (non-hydrogen) atoms. The molecule has 6 nitrogen and oxygen atoms in total. The first-order valence-corrected chi connectivity index (χ1v) is 7.92. The van der Waals surface area contributed by atoms with Gasteiger partial charge in [0.2, 0.25) is 0 Å². The zero-order valence-corrected chi connectivity index (χ0v) is 13.2. The summed E-state index contributed by atoms with van der Waals surface area (Å²) in [6.07, 6.45) is 5.28. The second kappa shape index (κ2) is 7.28. The van der Waals surface area contributed by atoms with Crippen molar-refractivity contribution in [2.45, 2.75) is 25.9 Å². The highest BCUT2D eigenvalue weighted by Crippen LogP contribution is 2.22. The van der Waals surface area contributed by atoms with Crippen LogP contribution < -0.4 is 5.32 Å². The molecule has 0 bridgehead atoms. The maximum absolute atomic E-state index is 12.5. The van der Waals surface area contributed by atoms with E-state index in [-0.39, 0.29) is 12.1 Å². The van der Waals surface area contributed by atoms with Gasteiger partial charge in [0.15, 0.2) is 12.2 Å². The lowest BCUT2D eigenvalue weighted by Crippen LogP contribution is -2.39. The van der Waals surface area contributed by atoms with Gasteiger partial charge >= 0.3 is 6.03 Å². The van der Waals surface area contributed by atoms with Crippen molar-refractivity contribution in [1.82, 2.24) is 9.88 Å². The van der Waals surface area contributed by atoms with Gasteiger partial charge in [0.25, 0.3) is 0 Å². The number of aromatic nitrogens is 1. The van der Waals surface area contributed by atoms with E-state index >= 15 is 0 Å². The number of anilines is 1. The highest BCUT2D eigenvalue weighted by Gasteiger charge is 2.21. The number of oxazole rings is 1. The Morgan fingerprint density at radius 2 is 2.39 bits per heavy atom. The molecule has 2 amide bonds. The fourth-order valence-electron chi connectivity index (χ4n) is 2.70. The number of hydrogen-bond donors (Lipinski definition) is 1. The third-order valence-corrected chi connectivity index (χ3v) is 3.95. The van der Waals surface area contributed by atoms with Crippen LogP contribution in [0.4, 0.5) is 10.5 Å². The number of ether oxygens (including phenoxy) is 1. The molecule has 2 heterocycles. The molecule has 0 spiro atoms. The van der Waals surface area contributed by atoms with Crippen molar-refractivity contribution >= 4 is 11.7 Å². The molecule has 1 saturated heterocycles. The topological polar surface area (TPSA) is 67.6 Å². The molecule has 1 aliphatic rings. The molecule has 1 fully saturated rings. The number of carbonyl (C=O) groups excluding carboxylic acids is 1. The Kier molecular flexibility index (Phi) is 4.92. The van der Waals surface area contributed by atoms with E-state index in [4.69, 9.17) is 9.15 Å². The second-order valence-electron chi connectivity index (χ2n) is 5.55. The lowest BCUT2D eigenvalue weighted by Gasteiger charge is -2.24. The maximum Gasteiger partial charge on any atom is 0.321 e. The van der Waals surface area contributed by atoms with E-state index in [2.05, 4.69) is 10.3 Å². The van der Waals surface area contributed by atoms with Gasteiger partial charge in [-0.1, -0.05) is 12.1 Å². The van der Waals surface area contributed by atoms with E-state index in [1.54, 1.807) is 11.1 Å². The minimum absolute atomic E-state index is 0.113. The molecular weight excluding hydrogens is 294 g/mol. The summed E-state index contributed by atoms with van der Waals surface area (Å²) in [5, 5.41) is 2.94. The molecule has 1 N–H and O–H groups in total. The molecule has 1 aromatic carbocycles. The standard InChI is InChI=1S/C17H21N3O3/c1-2-20(11-15-7-4-8-22-15)17(21)19-14-6-3-5-13(9-14)16-10-18-12-23-16/h3,5-6,9-10,12,15H,2,4,7-8,11H2,1H3,(H,19,21)/t15-/m1/s1. The zero-order valence-electron chi connectivity index (χ0n) is 13.2. The van der Waals surface area contributed by atoms with Gasteiger partial charge in [0, 0.05) is 30.9 Å². The van der Waals surface area contributed by atoms with Gasteiger partial charge in [-0.05, 0) is 31.9 Å². The highest BCUT2D eigenvalue weighted by molar-refractivity contribution is 5.90. The monoisotopic (exact) mass is 315 g/mol. The molecule has 0 aliphatic carbocycles. The van der Waals surface area contributed by atoms with Crippen molar-refractivity contribution in [3.8, 4) is 11.3 Å². The Bertz CT molecular complexity index is 636. The number of benzene rings is 1. The Hall–Kier alpha value is -2.34. The first-order valence-electron chi connectivity index (χ1n) is 7.92. The zero-order chi connectivity index (χ0) is 16.1. The second-order valence-corrected chi connectivity index (χ2v) is 5.55. The third-order valence-electron chi connectivity index (χ3n) is 3.95. The number of urea groups is 1.